The van der Waals surface area contributed by atoms with Crippen LogP contribution in [0.1, 0.15) is 16.7 Å². The molecule has 0 aromatic heterocycles. The van der Waals surface area contributed by atoms with Gasteiger partial charge in [0.15, 0.2) is 18.1 Å². The van der Waals surface area contributed by atoms with Crippen molar-refractivity contribution in [3.63, 3.8) is 0 Å². The van der Waals surface area contributed by atoms with Crippen LogP contribution in [0.4, 0.5) is 10.5 Å². The molecule has 40 heavy (non-hydrogen) atoms. The highest BCUT2D eigenvalue weighted by Gasteiger charge is 2.35. The molecule has 7 nitrogen and oxygen atoms in total. The molecule has 1 saturated heterocycles. The number of halogens is 1. The first-order chi connectivity index (χ1) is 19.3. The fraction of sp³-hybridized carbons (Fsp3) is 0.129. The van der Waals surface area contributed by atoms with Crippen LogP contribution in [-0.2, 0) is 16.1 Å². The summed E-state index contributed by atoms with van der Waals surface area (Å²) in [6.45, 7) is 1.93. The Morgan fingerprint density at radius 1 is 1.02 bits per heavy atom. The summed E-state index contributed by atoms with van der Waals surface area (Å²) in [4.78, 5) is 40.0. The molecular weight excluding hydrogens is 592 g/mol. The van der Waals surface area contributed by atoms with Crippen molar-refractivity contribution in [3.05, 3.63) is 105 Å². The van der Waals surface area contributed by atoms with Crippen molar-refractivity contribution >= 4 is 67.3 Å². The molecule has 0 saturated carbocycles. The molecule has 1 heterocycles. The van der Waals surface area contributed by atoms with Gasteiger partial charge in [-0.2, -0.15) is 0 Å². The highest BCUT2D eigenvalue weighted by atomic mass is 79.9. The third-order valence-corrected chi connectivity index (χ3v) is 7.81. The fourth-order valence-corrected chi connectivity index (χ4v) is 5.74. The summed E-state index contributed by atoms with van der Waals surface area (Å²) in [5, 5.41) is 4.52. The molecule has 0 atom stereocenters. The van der Waals surface area contributed by atoms with E-state index in [1.807, 2.05) is 73.7 Å². The Labute approximate surface area is 244 Å². The van der Waals surface area contributed by atoms with E-state index in [0.29, 0.717) is 32.1 Å². The number of methoxy groups -OCH3 is 1. The van der Waals surface area contributed by atoms with E-state index in [1.54, 1.807) is 18.2 Å². The van der Waals surface area contributed by atoms with Crippen LogP contribution in [0, 0.1) is 6.92 Å². The molecule has 1 aliphatic rings. The molecule has 1 fully saturated rings. The lowest BCUT2D eigenvalue weighted by atomic mass is 10.0. The van der Waals surface area contributed by atoms with Gasteiger partial charge in [0.05, 0.1) is 23.0 Å². The quantitative estimate of drug-likeness (QED) is 0.211. The first-order valence-electron chi connectivity index (χ1n) is 12.4. The highest BCUT2D eigenvalue weighted by molar-refractivity contribution is 9.10. The summed E-state index contributed by atoms with van der Waals surface area (Å²) >= 11 is 4.38. The summed E-state index contributed by atoms with van der Waals surface area (Å²) < 4.78 is 11.8. The summed E-state index contributed by atoms with van der Waals surface area (Å²) in [6, 6.07) is 24.6. The normalized spacial score (nSPS) is 14.2. The Morgan fingerprint density at radius 2 is 1.77 bits per heavy atom. The molecule has 4 aromatic carbocycles. The minimum absolute atomic E-state index is 0.188. The molecule has 0 unspecified atom stereocenters. The van der Waals surface area contributed by atoms with E-state index in [1.165, 1.54) is 12.0 Å². The first kappa shape index (κ1) is 27.5. The van der Waals surface area contributed by atoms with Crippen LogP contribution in [0.25, 0.3) is 16.8 Å². The zero-order valence-electron chi connectivity index (χ0n) is 21.8. The maximum absolute atomic E-state index is 13.2. The summed E-state index contributed by atoms with van der Waals surface area (Å²) in [5.41, 5.74) is 3.31. The fourth-order valence-electron chi connectivity index (χ4n) is 4.32. The van der Waals surface area contributed by atoms with Crippen LogP contribution in [0.15, 0.2) is 88.2 Å². The topological polar surface area (TPSA) is 84.9 Å². The van der Waals surface area contributed by atoms with Gasteiger partial charge in [0.1, 0.15) is 0 Å². The number of rotatable bonds is 8. The number of nitrogens with one attached hydrogen (secondary N) is 1. The number of hydrogen-bond donors (Lipinski definition) is 1. The van der Waals surface area contributed by atoms with Gasteiger partial charge in [0.2, 0.25) is 0 Å². The van der Waals surface area contributed by atoms with Crippen LogP contribution in [0.5, 0.6) is 11.5 Å². The largest absolute Gasteiger partial charge is 0.493 e. The van der Waals surface area contributed by atoms with Gasteiger partial charge in [-0.05, 0) is 86.9 Å². The second kappa shape index (κ2) is 12.0. The number of amides is 3. The number of ether oxygens (including phenoxy) is 2. The van der Waals surface area contributed by atoms with Gasteiger partial charge in [-0.3, -0.25) is 19.3 Å². The van der Waals surface area contributed by atoms with E-state index >= 15 is 0 Å². The molecule has 0 radical (unpaired) electrons. The molecule has 0 aliphatic carbocycles. The third-order valence-electron chi connectivity index (χ3n) is 6.31. The number of carbonyl (C=O) groups is 3. The zero-order valence-corrected chi connectivity index (χ0v) is 24.2. The number of fused-ring (bicyclic) bond motifs is 1. The Hall–Kier alpha value is -4.08. The van der Waals surface area contributed by atoms with Crippen LogP contribution >= 0.6 is 27.7 Å². The predicted molar refractivity (Wildman–Crippen MR) is 161 cm³/mol. The summed E-state index contributed by atoms with van der Waals surface area (Å²) in [5.74, 6) is 0.0504. The van der Waals surface area contributed by atoms with Crippen molar-refractivity contribution in [2.75, 3.05) is 19.0 Å². The molecule has 202 valence electrons. The van der Waals surface area contributed by atoms with Crippen molar-refractivity contribution < 1.29 is 23.9 Å². The Balaban J connectivity index is 1.30. The van der Waals surface area contributed by atoms with Crippen molar-refractivity contribution in [1.82, 2.24) is 4.90 Å². The van der Waals surface area contributed by atoms with Gasteiger partial charge in [0, 0.05) is 5.69 Å². The number of hydrogen-bond acceptors (Lipinski definition) is 6. The summed E-state index contributed by atoms with van der Waals surface area (Å²) in [7, 11) is 1.49. The molecule has 3 amide bonds. The van der Waals surface area contributed by atoms with Crippen molar-refractivity contribution in [2.24, 2.45) is 0 Å². The molecule has 1 N–H and O–H groups in total. The number of aryl methyl sites for hydroxylation is 1. The average Bonchev–Trinajstić information content (AvgIpc) is 3.20. The number of thioether (sulfide) groups is 1. The maximum atomic E-state index is 13.2. The van der Waals surface area contributed by atoms with Crippen LogP contribution < -0.4 is 14.8 Å². The van der Waals surface area contributed by atoms with Gasteiger partial charge in [0.25, 0.3) is 17.1 Å². The lowest BCUT2D eigenvalue weighted by Crippen LogP contribution is -2.27. The predicted octanol–water partition coefficient (Wildman–Crippen LogP) is 7.17. The Kier molecular flexibility index (Phi) is 8.23. The van der Waals surface area contributed by atoms with Gasteiger partial charge >= 0.3 is 0 Å². The Morgan fingerprint density at radius 3 is 2.55 bits per heavy atom. The highest BCUT2D eigenvalue weighted by Crippen LogP contribution is 2.39. The third kappa shape index (κ3) is 6.05. The molecule has 9 heteroatoms. The van der Waals surface area contributed by atoms with E-state index in [9.17, 15) is 14.4 Å². The van der Waals surface area contributed by atoms with Crippen LogP contribution in [0.3, 0.4) is 0 Å². The molecule has 1 aliphatic heterocycles. The minimum atomic E-state index is -0.355. The molecule has 4 aromatic rings. The zero-order chi connectivity index (χ0) is 28.2. The van der Waals surface area contributed by atoms with E-state index in [0.717, 1.165) is 33.7 Å². The van der Waals surface area contributed by atoms with E-state index in [4.69, 9.17) is 9.47 Å². The van der Waals surface area contributed by atoms with Crippen molar-refractivity contribution in [3.8, 4) is 11.5 Å². The Bertz CT molecular complexity index is 1650. The summed E-state index contributed by atoms with van der Waals surface area (Å²) in [6.07, 6.45) is 1.65. The standard InChI is InChI=1S/C31H25BrN2O5S/c1-19-10-12-23(13-11-19)33-28(35)18-39-29-25(32)14-20(15-26(29)38-2)16-27-30(36)34(31(37)40-27)17-22-8-5-7-21-6-3-4-9-24(21)22/h3-16H,17-18H2,1-2H3,(H,33,35)/b27-16+. The van der Waals surface area contributed by atoms with Crippen molar-refractivity contribution in [1.29, 1.82) is 0 Å². The van der Waals surface area contributed by atoms with Crippen LogP contribution in [-0.4, -0.2) is 35.7 Å². The monoisotopic (exact) mass is 616 g/mol. The second-order valence-corrected chi connectivity index (χ2v) is 11.0. The number of anilines is 1. The van der Waals surface area contributed by atoms with Gasteiger partial charge in [-0.25, -0.2) is 0 Å². The SMILES string of the molecule is COc1cc(/C=C2/SC(=O)N(Cc3cccc4ccccc34)C2=O)cc(Br)c1OCC(=O)Nc1ccc(C)cc1. The van der Waals surface area contributed by atoms with E-state index in [-0.39, 0.29) is 30.2 Å². The number of benzene rings is 4. The van der Waals surface area contributed by atoms with Crippen molar-refractivity contribution in [2.45, 2.75) is 13.5 Å². The van der Waals surface area contributed by atoms with Crippen LogP contribution in [0.2, 0.25) is 0 Å². The molecule has 0 bridgehead atoms. The van der Waals surface area contributed by atoms with Gasteiger partial charge in [-0.1, -0.05) is 60.2 Å². The molecular formula is C31H25BrN2O5S. The first-order valence-corrected chi connectivity index (χ1v) is 14.0. The molecule has 0 spiro atoms. The average molecular weight is 618 g/mol. The van der Waals surface area contributed by atoms with Gasteiger partial charge < -0.3 is 14.8 Å². The maximum Gasteiger partial charge on any atom is 0.293 e. The number of nitrogens with zero attached hydrogens (tertiary/aromatic N) is 1. The molecule has 5 rings (SSSR count). The van der Waals surface area contributed by atoms with Gasteiger partial charge in [-0.15, -0.1) is 0 Å². The van der Waals surface area contributed by atoms with E-state index < -0.39 is 0 Å². The second-order valence-electron chi connectivity index (χ2n) is 9.14. The lowest BCUT2D eigenvalue weighted by Gasteiger charge is -2.15. The lowest BCUT2D eigenvalue weighted by molar-refractivity contribution is -0.123. The smallest absolute Gasteiger partial charge is 0.293 e. The minimum Gasteiger partial charge on any atom is -0.493 e. The van der Waals surface area contributed by atoms with E-state index in [2.05, 4.69) is 21.2 Å². The number of imide groups is 1. The number of carbonyl (C=O) groups excluding carboxylic acids is 3.